The molecule has 0 aliphatic rings. The highest BCUT2D eigenvalue weighted by molar-refractivity contribution is 5.94. The molecular weight excluding hydrogens is 492 g/mol. The predicted molar refractivity (Wildman–Crippen MR) is 150 cm³/mol. The van der Waals surface area contributed by atoms with Crippen LogP contribution in [0.15, 0.2) is 91.0 Å². The molecule has 0 fully saturated rings. The lowest BCUT2D eigenvalue weighted by atomic mass is 9.99. The maximum atomic E-state index is 14.0. The summed E-state index contributed by atoms with van der Waals surface area (Å²) in [6.07, 6.45) is 0.738. The van der Waals surface area contributed by atoms with E-state index in [2.05, 4.69) is 5.32 Å². The minimum absolute atomic E-state index is 0.223. The van der Waals surface area contributed by atoms with Crippen LogP contribution in [0.25, 0.3) is 0 Å². The summed E-state index contributed by atoms with van der Waals surface area (Å²) in [4.78, 5) is 54.9. The first-order valence-electron chi connectivity index (χ1n) is 12.9. The van der Waals surface area contributed by atoms with E-state index >= 15 is 0 Å². The van der Waals surface area contributed by atoms with Crippen molar-refractivity contribution < 1.29 is 19.2 Å². The fraction of sp³-hybridized carbons (Fsp3) is 0.290. The molecule has 8 nitrogen and oxygen atoms in total. The second-order valence-corrected chi connectivity index (χ2v) is 9.65. The minimum Gasteiger partial charge on any atom is -0.368 e. The molecule has 3 N–H and O–H groups in total. The number of likely N-dealkylation sites (N-methyl/N-ethyl adjacent to an activating group) is 2. The molecule has 0 saturated heterocycles. The quantitative estimate of drug-likeness (QED) is 0.376. The fourth-order valence-corrected chi connectivity index (χ4v) is 4.58. The lowest BCUT2D eigenvalue weighted by Crippen LogP contribution is -2.58. The molecule has 39 heavy (non-hydrogen) atoms. The largest absolute Gasteiger partial charge is 0.368 e. The van der Waals surface area contributed by atoms with E-state index in [1.54, 1.807) is 7.05 Å². The Balaban J connectivity index is 1.91. The van der Waals surface area contributed by atoms with Gasteiger partial charge in [0.15, 0.2) is 0 Å². The van der Waals surface area contributed by atoms with Gasteiger partial charge in [0, 0.05) is 40.3 Å². The summed E-state index contributed by atoms with van der Waals surface area (Å²) in [5.41, 5.74) is 8.32. The van der Waals surface area contributed by atoms with Gasteiger partial charge in [-0.1, -0.05) is 91.0 Å². The first kappa shape index (κ1) is 29.1. The molecule has 0 bridgehead atoms. The van der Waals surface area contributed by atoms with Gasteiger partial charge in [0.05, 0.1) is 0 Å². The zero-order valence-corrected chi connectivity index (χ0v) is 22.6. The molecule has 0 unspecified atom stereocenters. The number of nitrogens with one attached hydrogen (secondary N) is 1. The van der Waals surface area contributed by atoms with Gasteiger partial charge in [0.1, 0.15) is 18.1 Å². The van der Waals surface area contributed by atoms with E-state index in [0.29, 0.717) is 0 Å². The number of nitrogens with zero attached hydrogens (tertiary/aromatic N) is 2. The zero-order valence-electron chi connectivity index (χ0n) is 22.6. The SMILES string of the molecule is CC(=O)N[C@H](Cc1ccccc1)C(=O)N(C)[C@H](Cc1ccccc1)C(=O)N(C)[C@H](Cc1ccccc1)C(N)=O. The Morgan fingerprint density at radius 1 is 0.641 bits per heavy atom. The topological polar surface area (TPSA) is 113 Å². The zero-order chi connectivity index (χ0) is 28.4. The molecule has 0 spiro atoms. The number of carbonyl (C=O) groups excluding carboxylic acids is 4. The molecule has 4 amide bonds. The molecule has 204 valence electrons. The Morgan fingerprint density at radius 3 is 1.44 bits per heavy atom. The van der Waals surface area contributed by atoms with Gasteiger partial charge in [-0.2, -0.15) is 0 Å². The maximum Gasteiger partial charge on any atom is 0.246 e. The van der Waals surface area contributed by atoms with Crippen molar-refractivity contribution in [3.63, 3.8) is 0 Å². The summed E-state index contributed by atoms with van der Waals surface area (Å²) >= 11 is 0. The molecular formula is C31H36N4O4. The fourth-order valence-electron chi connectivity index (χ4n) is 4.58. The first-order chi connectivity index (χ1) is 18.7. The number of primary amides is 1. The van der Waals surface area contributed by atoms with Crippen LogP contribution in [0.4, 0.5) is 0 Å². The summed E-state index contributed by atoms with van der Waals surface area (Å²) in [6, 6.07) is 25.3. The van der Waals surface area contributed by atoms with E-state index in [4.69, 9.17) is 5.73 Å². The van der Waals surface area contributed by atoms with Gasteiger partial charge in [0.25, 0.3) is 0 Å². The molecule has 0 aliphatic carbocycles. The van der Waals surface area contributed by atoms with Crippen molar-refractivity contribution >= 4 is 23.6 Å². The van der Waals surface area contributed by atoms with Crippen molar-refractivity contribution in [3.05, 3.63) is 108 Å². The lowest BCUT2D eigenvalue weighted by molar-refractivity contribution is -0.148. The van der Waals surface area contributed by atoms with Crippen molar-refractivity contribution in [3.8, 4) is 0 Å². The van der Waals surface area contributed by atoms with Gasteiger partial charge in [-0.25, -0.2) is 0 Å². The van der Waals surface area contributed by atoms with Crippen molar-refractivity contribution in [2.75, 3.05) is 14.1 Å². The predicted octanol–water partition coefficient (Wildman–Crippen LogP) is 2.36. The second-order valence-electron chi connectivity index (χ2n) is 9.65. The average molecular weight is 529 g/mol. The summed E-state index contributed by atoms with van der Waals surface area (Å²) in [7, 11) is 3.09. The maximum absolute atomic E-state index is 14.0. The first-order valence-corrected chi connectivity index (χ1v) is 12.9. The van der Waals surface area contributed by atoms with Gasteiger partial charge in [-0.3, -0.25) is 19.2 Å². The van der Waals surface area contributed by atoms with Gasteiger partial charge >= 0.3 is 0 Å². The van der Waals surface area contributed by atoms with Crippen LogP contribution in [0.3, 0.4) is 0 Å². The molecule has 3 aromatic rings. The van der Waals surface area contributed by atoms with E-state index < -0.39 is 35.8 Å². The highest BCUT2D eigenvalue weighted by atomic mass is 16.2. The Bertz CT molecular complexity index is 1250. The highest BCUT2D eigenvalue weighted by Crippen LogP contribution is 2.17. The van der Waals surface area contributed by atoms with Crippen molar-refractivity contribution in [1.29, 1.82) is 0 Å². The summed E-state index contributed by atoms with van der Waals surface area (Å²) in [6.45, 7) is 1.35. The van der Waals surface area contributed by atoms with Crippen LogP contribution >= 0.6 is 0 Å². The van der Waals surface area contributed by atoms with Gasteiger partial charge in [-0.05, 0) is 16.7 Å². The number of benzene rings is 3. The molecule has 0 saturated carbocycles. The molecule has 0 radical (unpaired) electrons. The standard InChI is InChI=1S/C31H36N4O4/c1-22(36)33-26(19-23-13-7-4-8-14-23)30(38)35(3)28(21-25-17-11-6-12-18-25)31(39)34(2)27(29(32)37)20-24-15-9-5-10-16-24/h4-18,26-28H,19-21H2,1-3H3,(H2,32,37)(H,33,36)/t26-,27-,28-/m1/s1. The molecule has 0 heterocycles. The molecule has 3 atom stereocenters. The number of hydrogen-bond acceptors (Lipinski definition) is 4. The molecule has 0 aromatic heterocycles. The summed E-state index contributed by atoms with van der Waals surface area (Å²) < 4.78 is 0. The number of nitrogens with two attached hydrogens (primary N) is 1. The van der Waals surface area contributed by atoms with Gasteiger partial charge in [-0.15, -0.1) is 0 Å². The molecule has 8 heteroatoms. The number of rotatable bonds is 12. The van der Waals surface area contributed by atoms with Crippen LogP contribution in [0.2, 0.25) is 0 Å². The van der Waals surface area contributed by atoms with Gasteiger partial charge < -0.3 is 20.9 Å². The van der Waals surface area contributed by atoms with E-state index in [-0.39, 0.29) is 25.2 Å². The van der Waals surface area contributed by atoms with Crippen LogP contribution in [0, 0.1) is 0 Å². The van der Waals surface area contributed by atoms with Crippen LogP contribution in [-0.2, 0) is 38.4 Å². The summed E-state index contributed by atoms with van der Waals surface area (Å²) in [5, 5.41) is 2.74. The number of hydrogen-bond donors (Lipinski definition) is 2. The Hall–Kier alpha value is -4.46. The van der Waals surface area contributed by atoms with Crippen molar-refractivity contribution in [1.82, 2.24) is 15.1 Å². The number of carbonyl (C=O) groups is 4. The van der Waals surface area contributed by atoms with E-state index in [0.717, 1.165) is 16.7 Å². The van der Waals surface area contributed by atoms with Crippen LogP contribution in [-0.4, -0.2) is 65.6 Å². The van der Waals surface area contributed by atoms with Crippen LogP contribution < -0.4 is 11.1 Å². The highest BCUT2D eigenvalue weighted by Gasteiger charge is 2.36. The third kappa shape index (κ3) is 8.26. The normalized spacial score (nSPS) is 13.0. The smallest absolute Gasteiger partial charge is 0.246 e. The van der Waals surface area contributed by atoms with E-state index in [1.165, 1.54) is 23.8 Å². The second kappa shape index (κ2) is 13.9. The average Bonchev–Trinajstić information content (AvgIpc) is 2.94. The number of amides is 4. The minimum atomic E-state index is -0.936. The Kier molecular flexibility index (Phi) is 10.4. The van der Waals surface area contributed by atoms with E-state index in [9.17, 15) is 19.2 Å². The third-order valence-electron chi connectivity index (χ3n) is 6.75. The monoisotopic (exact) mass is 528 g/mol. The Morgan fingerprint density at radius 2 is 1.03 bits per heavy atom. The summed E-state index contributed by atoms with van der Waals surface area (Å²) in [5.74, 6) is -1.81. The van der Waals surface area contributed by atoms with Crippen molar-refractivity contribution in [2.45, 2.75) is 44.3 Å². The van der Waals surface area contributed by atoms with Crippen molar-refractivity contribution in [2.24, 2.45) is 5.73 Å². The van der Waals surface area contributed by atoms with Crippen LogP contribution in [0.5, 0.6) is 0 Å². The Labute approximate surface area is 229 Å². The van der Waals surface area contributed by atoms with Crippen LogP contribution in [0.1, 0.15) is 23.6 Å². The molecule has 3 aromatic carbocycles. The third-order valence-corrected chi connectivity index (χ3v) is 6.75. The van der Waals surface area contributed by atoms with Gasteiger partial charge in [0.2, 0.25) is 23.6 Å². The van der Waals surface area contributed by atoms with E-state index in [1.807, 2.05) is 91.0 Å². The lowest BCUT2D eigenvalue weighted by Gasteiger charge is -2.35. The molecule has 0 aliphatic heterocycles. The molecule has 3 rings (SSSR count).